The largest absolute Gasteiger partial charge is 0.481 e. The van der Waals surface area contributed by atoms with Crippen LogP contribution in [0.15, 0.2) is 12.0 Å². The number of hydroxylamine groups is 1. The first-order valence-corrected chi connectivity index (χ1v) is 5.85. The molecule has 1 unspecified atom stereocenters. The number of ketones is 1. The minimum absolute atomic E-state index is 0.0297. The van der Waals surface area contributed by atoms with Gasteiger partial charge in [-0.25, -0.2) is 5.48 Å². The number of nitrogens with one attached hydrogen (secondary N) is 1. The fourth-order valence-corrected chi connectivity index (χ4v) is 1.97. The van der Waals surface area contributed by atoms with E-state index in [0.29, 0.717) is 18.1 Å². The van der Waals surface area contributed by atoms with Crippen LogP contribution in [0.2, 0.25) is 0 Å². The monoisotopic (exact) mass is 227 g/mol. The predicted molar refractivity (Wildman–Crippen MR) is 61.4 cm³/mol. The molecule has 0 spiro atoms. The number of hydrogen-bond acceptors (Lipinski definition) is 4. The summed E-state index contributed by atoms with van der Waals surface area (Å²) in [6.45, 7) is 0. The van der Waals surface area contributed by atoms with E-state index in [2.05, 4.69) is 5.48 Å². The van der Waals surface area contributed by atoms with Gasteiger partial charge in [-0.1, -0.05) is 19.3 Å². The maximum Gasteiger partial charge on any atom is 0.207 e. The second-order valence-electron chi connectivity index (χ2n) is 4.07. The molecule has 1 fully saturated rings. The summed E-state index contributed by atoms with van der Waals surface area (Å²) in [5, 5.41) is 0. The molecule has 0 aliphatic heterocycles. The molecule has 1 N–H and O–H groups in total. The highest BCUT2D eigenvalue weighted by atomic mass is 16.7. The normalized spacial score (nSPS) is 23.5. The van der Waals surface area contributed by atoms with Gasteiger partial charge in [-0.15, -0.1) is 0 Å². The van der Waals surface area contributed by atoms with Crippen molar-refractivity contribution in [2.24, 2.45) is 5.92 Å². The minimum atomic E-state index is -0.0297. The Bertz CT molecular complexity index is 251. The van der Waals surface area contributed by atoms with Gasteiger partial charge in [0.15, 0.2) is 0 Å². The lowest BCUT2D eigenvalue weighted by Gasteiger charge is -2.16. The summed E-state index contributed by atoms with van der Waals surface area (Å²) in [5.41, 5.74) is 2.62. The summed E-state index contributed by atoms with van der Waals surface area (Å²) in [6.07, 6.45) is 7.95. The molecule has 0 radical (unpaired) electrons. The van der Waals surface area contributed by atoms with Gasteiger partial charge in [-0.3, -0.25) is 9.63 Å². The van der Waals surface area contributed by atoms with Crippen molar-refractivity contribution >= 4 is 5.78 Å². The van der Waals surface area contributed by atoms with Gasteiger partial charge in [-0.2, -0.15) is 0 Å². The second kappa shape index (κ2) is 7.28. The molecule has 0 aromatic rings. The summed E-state index contributed by atoms with van der Waals surface area (Å²) >= 11 is 0. The van der Waals surface area contributed by atoms with Gasteiger partial charge in [0.1, 0.15) is 5.78 Å². The highest BCUT2D eigenvalue weighted by molar-refractivity contribution is 5.82. The summed E-state index contributed by atoms with van der Waals surface area (Å²) in [4.78, 5) is 16.6. The molecule has 4 heteroatoms. The SMILES string of the molecule is CONC(=CC1CCCCCCC1=O)OC. The molecule has 1 aliphatic carbocycles. The molecule has 1 aliphatic rings. The first-order valence-electron chi connectivity index (χ1n) is 5.85. The van der Waals surface area contributed by atoms with Crippen LogP contribution in [0.25, 0.3) is 0 Å². The Kier molecular flexibility index (Phi) is 5.93. The van der Waals surface area contributed by atoms with Crippen LogP contribution in [0.5, 0.6) is 0 Å². The maximum absolute atomic E-state index is 11.9. The zero-order valence-corrected chi connectivity index (χ0v) is 10.1. The van der Waals surface area contributed by atoms with Crippen molar-refractivity contribution in [3.05, 3.63) is 12.0 Å². The van der Waals surface area contributed by atoms with E-state index in [1.807, 2.05) is 6.08 Å². The van der Waals surface area contributed by atoms with Crippen molar-refractivity contribution < 1.29 is 14.4 Å². The Morgan fingerprint density at radius 3 is 2.75 bits per heavy atom. The van der Waals surface area contributed by atoms with E-state index < -0.39 is 0 Å². The Labute approximate surface area is 97.0 Å². The van der Waals surface area contributed by atoms with E-state index in [0.717, 1.165) is 19.3 Å². The molecule has 0 heterocycles. The molecular weight excluding hydrogens is 206 g/mol. The number of ether oxygens (including phenoxy) is 1. The Morgan fingerprint density at radius 1 is 1.31 bits per heavy atom. The number of allylic oxidation sites excluding steroid dienone is 1. The van der Waals surface area contributed by atoms with Crippen molar-refractivity contribution in [3.63, 3.8) is 0 Å². The highest BCUT2D eigenvalue weighted by Crippen LogP contribution is 2.21. The number of rotatable bonds is 4. The molecule has 0 aromatic heterocycles. The van der Waals surface area contributed by atoms with E-state index >= 15 is 0 Å². The minimum Gasteiger partial charge on any atom is -0.481 e. The van der Waals surface area contributed by atoms with Gasteiger partial charge >= 0.3 is 0 Å². The molecule has 1 rings (SSSR count). The molecule has 0 aromatic carbocycles. The Balaban J connectivity index is 2.62. The lowest BCUT2D eigenvalue weighted by Crippen LogP contribution is -2.19. The van der Waals surface area contributed by atoms with Crippen LogP contribution in [0.1, 0.15) is 38.5 Å². The lowest BCUT2D eigenvalue weighted by atomic mass is 9.90. The molecule has 1 atom stereocenters. The molecule has 0 saturated heterocycles. The number of hydrogen-bond donors (Lipinski definition) is 1. The number of carbonyl (C=O) groups is 1. The zero-order valence-electron chi connectivity index (χ0n) is 10.1. The molecule has 16 heavy (non-hydrogen) atoms. The second-order valence-corrected chi connectivity index (χ2v) is 4.07. The average molecular weight is 227 g/mol. The number of methoxy groups -OCH3 is 1. The molecule has 92 valence electrons. The smallest absolute Gasteiger partial charge is 0.207 e. The molecular formula is C12H21NO3. The summed E-state index contributed by atoms with van der Waals surface area (Å²) in [7, 11) is 3.08. The topological polar surface area (TPSA) is 47.6 Å². The molecule has 0 bridgehead atoms. The average Bonchev–Trinajstić information content (AvgIpc) is 2.27. The van der Waals surface area contributed by atoms with E-state index in [-0.39, 0.29) is 5.92 Å². The molecule has 4 nitrogen and oxygen atoms in total. The summed E-state index contributed by atoms with van der Waals surface area (Å²) < 4.78 is 5.09. The van der Waals surface area contributed by atoms with Gasteiger partial charge in [0.2, 0.25) is 5.88 Å². The van der Waals surface area contributed by atoms with Crippen molar-refractivity contribution in [1.82, 2.24) is 5.48 Å². The third-order valence-corrected chi connectivity index (χ3v) is 2.88. The van der Waals surface area contributed by atoms with Gasteiger partial charge in [0.25, 0.3) is 0 Å². The van der Waals surface area contributed by atoms with Crippen LogP contribution in [0.3, 0.4) is 0 Å². The lowest BCUT2D eigenvalue weighted by molar-refractivity contribution is -0.122. The Hall–Kier alpha value is -1.03. The van der Waals surface area contributed by atoms with Crippen LogP contribution in [-0.4, -0.2) is 20.0 Å². The number of Topliss-reactive ketones (excluding diaryl/α,β-unsaturated/α-hetero) is 1. The Morgan fingerprint density at radius 2 is 2.06 bits per heavy atom. The summed E-state index contributed by atoms with van der Waals surface area (Å²) in [6, 6.07) is 0. The standard InChI is InChI=1S/C12H21NO3/c1-15-12(13-16-2)9-10-7-5-3-4-6-8-11(10)14/h9-10,13H,3-8H2,1-2H3. The third kappa shape index (κ3) is 4.23. The third-order valence-electron chi connectivity index (χ3n) is 2.88. The number of carbonyl (C=O) groups excluding carboxylic acids is 1. The van der Waals surface area contributed by atoms with Crippen LogP contribution in [-0.2, 0) is 14.4 Å². The fourth-order valence-electron chi connectivity index (χ4n) is 1.97. The van der Waals surface area contributed by atoms with Crippen molar-refractivity contribution in [2.45, 2.75) is 38.5 Å². The zero-order chi connectivity index (χ0) is 11.8. The van der Waals surface area contributed by atoms with Crippen molar-refractivity contribution in [1.29, 1.82) is 0 Å². The predicted octanol–water partition coefficient (Wildman–Crippen LogP) is 2.16. The van der Waals surface area contributed by atoms with Crippen LogP contribution in [0, 0.1) is 5.92 Å². The van der Waals surface area contributed by atoms with Crippen LogP contribution < -0.4 is 5.48 Å². The van der Waals surface area contributed by atoms with Gasteiger partial charge in [0.05, 0.1) is 14.2 Å². The van der Waals surface area contributed by atoms with E-state index in [4.69, 9.17) is 9.57 Å². The van der Waals surface area contributed by atoms with Crippen molar-refractivity contribution in [2.75, 3.05) is 14.2 Å². The van der Waals surface area contributed by atoms with E-state index in [1.165, 1.54) is 20.0 Å². The van der Waals surface area contributed by atoms with Crippen LogP contribution >= 0.6 is 0 Å². The van der Waals surface area contributed by atoms with Gasteiger partial charge < -0.3 is 4.74 Å². The quantitative estimate of drug-likeness (QED) is 0.590. The maximum atomic E-state index is 11.9. The van der Waals surface area contributed by atoms with E-state index in [9.17, 15) is 4.79 Å². The molecule has 1 saturated carbocycles. The first-order chi connectivity index (χ1) is 7.77. The van der Waals surface area contributed by atoms with Crippen molar-refractivity contribution in [3.8, 4) is 0 Å². The van der Waals surface area contributed by atoms with E-state index in [1.54, 1.807) is 7.11 Å². The fraction of sp³-hybridized carbons (Fsp3) is 0.750. The highest BCUT2D eigenvalue weighted by Gasteiger charge is 2.18. The van der Waals surface area contributed by atoms with Gasteiger partial charge in [-0.05, 0) is 18.9 Å². The van der Waals surface area contributed by atoms with Crippen LogP contribution in [0.4, 0.5) is 0 Å². The van der Waals surface area contributed by atoms with Gasteiger partial charge in [0, 0.05) is 12.3 Å². The summed E-state index contributed by atoms with van der Waals surface area (Å²) in [5.74, 6) is 0.798. The first kappa shape index (κ1) is 13.0. The molecule has 0 amide bonds.